The van der Waals surface area contributed by atoms with E-state index < -0.39 is 10.0 Å². The van der Waals surface area contributed by atoms with Gasteiger partial charge in [0.25, 0.3) is 5.91 Å². The maximum Gasteiger partial charge on any atom is 0.255 e. The van der Waals surface area contributed by atoms with Crippen LogP contribution in [0, 0.1) is 26.7 Å². The molecule has 1 fully saturated rings. The van der Waals surface area contributed by atoms with Gasteiger partial charge < -0.3 is 5.32 Å². The molecule has 2 heterocycles. The third-order valence-corrected chi connectivity index (χ3v) is 7.55. The van der Waals surface area contributed by atoms with Gasteiger partial charge >= 0.3 is 0 Å². The molecule has 6 nitrogen and oxygen atoms in total. The monoisotopic (exact) mass is 401 g/mol. The van der Waals surface area contributed by atoms with E-state index in [2.05, 4.69) is 17.2 Å². The number of aromatic nitrogens is 1. The van der Waals surface area contributed by atoms with Gasteiger partial charge in [-0.05, 0) is 74.4 Å². The molecule has 0 saturated carbocycles. The van der Waals surface area contributed by atoms with Gasteiger partial charge in [0.15, 0.2) is 0 Å². The first-order valence-electron chi connectivity index (χ1n) is 9.53. The summed E-state index contributed by atoms with van der Waals surface area (Å²) in [4.78, 5) is 17.0. The molecular formula is C21H27N3O3S. The first-order valence-corrected chi connectivity index (χ1v) is 11.0. The molecule has 1 amide bonds. The van der Waals surface area contributed by atoms with E-state index in [-0.39, 0.29) is 10.8 Å². The number of piperidine rings is 1. The Kier molecular flexibility index (Phi) is 5.86. The van der Waals surface area contributed by atoms with Gasteiger partial charge in [-0.1, -0.05) is 6.92 Å². The van der Waals surface area contributed by atoms with Crippen LogP contribution in [0.4, 0.5) is 5.69 Å². The van der Waals surface area contributed by atoms with Crippen molar-refractivity contribution in [2.75, 3.05) is 18.4 Å². The summed E-state index contributed by atoms with van der Waals surface area (Å²) in [6, 6.07) is 5.04. The molecule has 7 heteroatoms. The highest BCUT2D eigenvalue weighted by molar-refractivity contribution is 7.89. The Hall–Kier alpha value is -2.25. The lowest BCUT2D eigenvalue weighted by atomic mass is 10.0. The predicted octanol–water partition coefficient (Wildman–Crippen LogP) is 3.68. The molecule has 0 radical (unpaired) electrons. The fraction of sp³-hybridized carbons (Fsp3) is 0.429. The van der Waals surface area contributed by atoms with Crippen LogP contribution in [0.5, 0.6) is 0 Å². The van der Waals surface area contributed by atoms with E-state index in [1.807, 2.05) is 19.9 Å². The molecule has 3 rings (SSSR count). The van der Waals surface area contributed by atoms with Crippen molar-refractivity contribution in [3.05, 3.63) is 52.8 Å². The smallest absolute Gasteiger partial charge is 0.255 e. The Bertz CT molecular complexity index is 994. The zero-order valence-electron chi connectivity index (χ0n) is 16.8. The van der Waals surface area contributed by atoms with E-state index in [9.17, 15) is 13.2 Å². The average molecular weight is 402 g/mol. The highest BCUT2D eigenvalue weighted by Gasteiger charge is 2.30. The normalized spacial score (nSPS) is 16.1. The maximum absolute atomic E-state index is 13.2. The number of hydrogen-bond donors (Lipinski definition) is 1. The molecule has 0 unspecified atom stereocenters. The van der Waals surface area contributed by atoms with Gasteiger partial charge in [-0.3, -0.25) is 9.78 Å². The van der Waals surface area contributed by atoms with E-state index in [0.29, 0.717) is 35.8 Å². The fourth-order valence-electron chi connectivity index (χ4n) is 3.38. The summed E-state index contributed by atoms with van der Waals surface area (Å²) in [5, 5.41) is 2.83. The average Bonchev–Trinajstić information content (AvgIpc) is 2.65. The largest absolute Gasteiger partial charge is 0.320 e. The van der Waals surface area contributed by atoms with Crippen LogP contribution in [-0.2, 0) is 10.0 Å². The minimum atomic E-state index is -3.63. The zero-order chi connectivity index (χ0) is 20.5. The molecule has 1 aliphatic heterocycles. The van der Waals surface area contributed by atoms with Gasteiger partial charge in [0.1, 0.15) is 0 Å². The van der Waals surface area contributed by atoms with Crippen molar-refractivity contribution in [1.82, 2.24) is 9.29 Å². The van der Waals surface area contributed by atoms with Crippen molar-refractivity contribution in [1.29, 1.82) is 0 Å². The molecule has 0 spiro atoms. The fourth-order valence-corrected chi connectivity index (χ4v) is 5.17. The second-order valence-electron chi connectivity index (χ2n) is 7.65. The lowest BCUT2D eigenvalue weighted by Gasteiger charge is -2.30. The third kappa shape index (κ3) is 4.10. The van der Waals surface area contributed by atoms with Crippen LogP contribution in [0.2, 0.25) is 0 Å². The van der Waals surface area contributed by atoms with Crippen LogP contribution in [0.3, 0.4) is 0 Å². The minimum Gasteiger partial charge on any atom is -0.320 e. The van der Waals surface area contributed by atoms with Gasteiger partial charge in [0.05, 0.1) is 16.8 Å². The van der Waals surface area contributed by atoms with Crippen molar-refractivity contribution < 1.29 is 13.2 Å². The lowest BCUT2D eigenvalue weighted by molar-refractivity contribution is 0.102. The number of nitrogens with one attached hydrogen (secondary N) is 1. The Morgan fingerprint density at radius 2 is 1.82 bits per heavy atom. The molecule has 2 aromatic rings. The lowest BCUT2D eigenvalue weighted by Crippen LogP contribution is -2.38. The summed E-state index contributed by atoms with van der Waals surface area (Å²) < 4.78 is 28.0. The molecule has 1 saturated heterocycles. The standard InChI is InChI=1S/C21H27N3O3S/c1-14-6-9-24(10-7-14)28(26,27)20-12-18(11-16(3)17(20)4)21(25)23-19-13-22-8-5-15(19)2/h5,8,11-14H,6-7,9-10H2,1-4H3,(H,23,25). The summed E-state index contributed by atoms with van der Waals surface area (Å²) in [7, 11) is -3.63. The number of benzene rings is 1. The number of amides is 1. The van der Waals surface area contributed by atoms with E-state index >= 15 is 0 Å². The summed E-state index contributed by atoms with van der Waals surface area (Å²) in [6.45, 7) is 8.69. The van der Waals surface area contributed by atoms with Crippen molar-refractivity contribution in [3.63, 3.8) is 0 Å². The molecule has 28 heavy (non-hydrogen) atoms. The quantitative estimate of drug-likeness (QED) is 0.848. The number of sulfonamides is 1. The van der Waals surface area contributed by atoms with Crippen LogP contribution in [0.25, 0.3) is 0 Å². The van der Waals surface area contributed by atoms with Crippen molar-refractivity contribution >= 4 is 21.6 Å². The van der Waals surface area contributed by atoms with Gasteiger partial charge in [-0.2, -0.15) is 4.31 Å². The van der Waals surface area contributed by atoms with Crippen LogP contribution in [0.15, 0.2) is 35.5 Å². The van der Waals surface area contributed by atoms with Crippen LogP contribution >= 0.6 is 0 Å². The van der Waals surface area contributed by atoms with E-state index in [1.54, 1.807) is 29.7 Å². The number of rotatable bonds is 4. The van der Waals surface area contributed by atoms with Crippen LogP contribution < -0.4 is 5.32 Å². The number of pyridine rings is 1. The Balaban J connectivity index is 1.94. The predicted molar refractivity (Wildman–Crippen MR) is 110 cm³/mol. The Morgan fingerprint density at radius 3 is 2.46 bits per heavy atom. The number of carbonyl (C=O) groups excluding carboxylic acids is 1. The molecular weight excluding hydrogens is 374 g/mol. The van der Waals surface area contributed by atoms with Gasteiger partial charge in [0, 0.05) is 24.8 Å². The second-order valence-corrected chi connectivity index (χ2v) is 9.55. The summed E-state index contributed by atoms with van der Waals surface area (Å²) in [5.74, 6) is 0.192. The molecule has 1 aromatic heterocycles. The molecule has 0 aliphatic carbocycles. The van der Waals surface area contributed by atoms with E-state index in [1.165, 1.54) is 6.07 Å². The first-order chi connectivity index (χ1) is 13.2. The maximum atomic E-state index is 13.2. The second kappa shape index (κ2) is 8.01. The highest BCUT2D eigenvalue weighted by Crippen LogP contribution is 2.28. The highest BCUT2D eigenvalue weighted by atomic mass is 32.2. The summed E-state index contributed by atoms with van der Waals surface area (Å²) in [5.41, 5.74) is 3.30. The molecule has 150 valence electrons. The summed E-state index contributed by atoms with van der Waals surface area (Å²) >= 11 is 0. The van der Waals surface area contributed by atoms with Crippen molar-refractivity contribution in [3.8, 4) is 0 Å². The van der Waals surface area contributed by atoms with Gasteiger partial charge in [-0.25, -0.2) is 8.42 Å². The topological polar surface area (TPSA) is 79.4 Å². The number of aryl methyl sites for hydroxylation is 2. The van der Waals surface area contributed by atoms with Gasteiger partial charge in [0.2, 0.25) is 10.0 Å². The van der Waals surface area contributed by atoms with Crippen LogP contribution in [0.1, 0.15) is 46.8 Å². The Labute approximate surface area is 167 Å². The van der Waals surface area contributed by atoms with Crippen molar-refractivity contribution in [2.45, 2.75) is 45.4 Å². The SMILES string of the molecule is Cc1ccncc1NC(=O)c1cc(C)c(C)c(S(=O)(=O)N2CCC(C)CC2)c1. The molecule has 1 N–H and O–H groups in total. The minimum absolute atomic E-state index is 0.218. The zero-order valence-corrected chi connectivity index (χ0v) is 17.6. The van der Waals surface area contributed by atoms with Crippen LogP contribution in [-0.4, -0.2) is 36.7 Å². The Morgan fingerprint density at radius 1 is 1.14 bits per heavy atom. The first kappa shape index (κ1) is 20.5. The number of hydrogen-bond acceptors (Lipinski definition) is 4. The number of anilines is 1. The molecule has 1 aromatic carbocycles. The van der Waals surface area contributed by atoms with Crippen molar-refractivity contribution in [2.24, 2.45) is 5.92 Å². The number of nitrogens with zero attached hydrogens (tertiary/aromatic N) is 2. The molecule has 0 bridgehead atoms. The van der Waals surface area contributed by atoms with E-state index in [4.69, 9.17) is 0 Å². The molecule has 0 atom stereocenters. The molecule has 1 aliphatic rings. The van der Waals surface area contributed by atoms with E-state index in [0.717, 1.165) is 24.0 Å². The number of carbonyl (C=O) groups is 1. The van der Waals surface area contributed by atoms with Gasteiger partial charge in [-0.15, -0.1) is 0 Å². The summed E-state index contributed by atoms with van der Waals surface area (Å²) in [6.07, 6.45) is 4.96. The third-order valence-electron chi connectivity index (χ3n) is 5.53.